The Morgan fingerprint density at radius 3 is 2.73 bits per heavy atom. The maximum atomic E-state index is 12.8. The quantitative estimate of drug-likeness (QED) is 0.196. The zero-order chi connectivity index (χ0) is 26.2. The molecule has 0 bridgehead atoms. The van der Waals surface area contributed by atoms with Crippen LogP contribution in [-0.2, 0) is 20.9 Å². The van der Waals surface area contributed by atoms with Crippen molar-refractivity contribution in [3.8, 4) is 5.75 Å². The van der Waals surface area contributed by atoms with E-state index in [0.29, 0.717) is 50.2 Å². The molecule has 3 aromatic rings. The Morgan fingerprint density at radius 2 is 2.00 bits per heavy atom. The molecule has 2 aromatic heterocycles. The van der Waals surface area contributed by atoms with E-state index in [9.17, 15) is 9.59 Å². The molecule has 3 heterocycles. The molecule has 1 fully saturated rings. The highest BCUT2D eigenvalue weighted by molar-refractivity contribution is 7.99. The molecule has 2 N–H and O–H groups in total. The lowest BCUT2D eigenvalue weighted by Gasteiger charge is -2.17. The van der Waals surface area contributed by atoms with Crippen molar-refractivity contribution >= 4 is 46.1 Å². The van der Waals surface area contributed by atoms with E-state index in [1.807, 2.05) is 19.1 Å². The predicted molar refractivity (Wildman–Crippen MR) is 143 cm³/mol. The fraction of sp³-hybridized carbons (Fsp3) is 0.480. The molecule has 0 radical (unpaired) electrons. The molecule has 1 atom stereocenters. The van der Waals surface area contributed by atoms with Crippen LogP contribution in [0, 0.1) is 5.92 Å². The van der Waals surface area contributed by atoms with E-state index in [1.54, 1.807) is 46.8 Å². The maximum absolute atomic E-state index is 12.8. The number of thioether (sulfide) groups is 1. The minimum Gasteiger partial charge on any atom is -0.497 e. The van der Waals surface area contributed by atoms with Gasteiger partial charge in [-0.15, -0.1) is 0 Å². The van der Waals surface area contributed by atoms with E-state index >= 15 is 0 Å². The minimum atomic E-state index is -0.403. The number of hydrogen-bond acceptors (Lipinski definition) is 9. The Hall–Kier alpha value is -3.38. The van der Waals surface area contributed by atoms with Crippen molar-refractivity contribution in [2.45, 2.75) is 32.0 Å². The van der Waals surface area contributed by atoms with Gasteiger partial charge in [-0.3, -0.25) is 9.59 Å². The number of rotatable bonds is 13. The van der Waals surface area contributed by atoms with Gasteiger partial charge in [-0.2, -0.15) is 5.10 Å². The fourth-order valence-electron chi connectivity index (χ4n) is 4.14. The smallest absolute Gasteiger partial charge is 0.227 e. The van der Waals surface area contributed by atoms with Crippen LogP contribution in [0.4, 0.5) is 11.5 Å². The van der Waals surface area contributed by atoms with Gasteiger partial charge in [-0.25, -0.2) is 14.6 Å². The fourth-order valence-corrected chi connectivity index (χ4v) is 4.70. The van der Waals surface area contributed by atoms with Gasteiger partial charge in [0.05, 0.1) is 37.8 Å². The number of hydrogen-bond donors (Lipinski definition) is 2. The number of nitrogens with one attached hydrogen (secondary N) is 2. The molecule has 0 aliphatic carbocycles. The second-order valence-corrected chi connectivity index (χ2v) is 9.64. The molecule has 1 aromatic carbocycles. The Morgan fingerprint density at radius 1 is 1.19 bits per heavy atom. The van der Waals surface area contributed by atoms with Gasteiger partial charge >= 0.3 is 0 Å². The van der Waals surface area contributed by atoms with Gasteiger partial charge in [0.15, 0.2) is 10.8 Å². The number of amides is 2. The van der Waals surface area contributed by atoms with Gasteiger partial charge in [0.2, 0.25) is 11.8 Å². The van der Waals surface area contributed by atoms with E-state index in [2.05, 4.69) is 32.6 Å². The first-order valence-corrected chi connectivity index (χ1v) is 13.4. The first-order chi connectivity index (χ1) is 18.0. The van der Waals surface area contributed by atoms with Crippen molar-refractivity contribution in [1.82, 2.24) is 25.1 Å². The van der Waals surface area contributed by atoms with Crippen molar-refractivity contribution in [3.63, 3.8) is 0 Å². The van der Waals surface area contributed by atoms with Gasteiger partial charge in [-0.1, -0.05) is 18.7 Å². The zero-order valence-electron chi connectivity index (χ0n) is 21.4. The summed E-state index contributed by atoms with van der Waals surface area (Å²) in [5, 5.41) is 12.3. The number of benzene rings is 1. The van der Waals surface area contributed by atoms with Crippen LogP contribution in [0.15, 0.2) is 35.6 Å². The third kappa shape index (κ3) is 6.50. The van der Waals surface area contributed by atoms with Crippen LogP contribution in [0.5, 0.6) is 5.75 Å². The molecule has 11 nitrogen and oxygen atoms in total. The first-order valence-electron chi connectivity index (χ1n) is 12.4. The molecule has 37 heavy (non-hydrogen) atoms. The summed E-state index contributed by atoms with van der Waals surface area (Å²) in [6.45, 7) is 7.06. The van der Waals surface area contributed by atoms with Gasteiger partial charge < -0.3 is 25.0 Å². The molecule has 1 saturated heterocycles. The van der Waals surface area contributed by atoms with Crippen LogP contribution in [0.25, 0.3) is 11.0 Å². The molecule has 1 aliphatic heterocycles. The van der Waals surface area contributed by atoms with E-state index < -0.39 is 5.92 Å². The molecule has 1 unspecified atom stereocenters. The topological polar surface area (TPSA) is 124 Å². The summed E-state index contributed by atoms with van der Waals surface area (Å²) < 4.78 is 12.4. The lowest BCUT2D eigenvalue weighted by molar-refractivity contribution is -0.126. The van der Waals surface area contributed by atoms with Crippen molar-refractivity contribution in [3.05, 3.63) is 30.5 Å². The molecular weight excluding hydrogens is 494 g/mol. The Labute approximate surface area is 220 Å². The summed E-state index contributed by atoms with van der Waals surface area (Å²) in [5.74, 6) is 1.68. The average molecular weight is 528 g/mol. The summed E-state index contributed by atoms with van der Waals surface area (Å²) in [5.41, 5.74) is 1.47. The van der Waals surface area contributed by atoms with Crippen molar-refractivity contribution in [2.75, 3.05) is 55.9 Å². The van der Waals surface area contributed by atoms with Gasteiger partial charge in [0.1, 0.15) is 11.6 Å². The van der Waals surface area contributed by atoms with Crippen LogP contribution < -0.4 is 20.3 Å². The molecule has 2 amide bonds. The van der Waals surface area contributed by atoms with Gasteiger partial charge in [0.25, 0.3) is 0 Å². The van der Waals surface area contributed by atoms with Crippen molar-refractivity contribution in [1.29, 1.82) is 0 Å². The number of fused-ring (bicyclic) bond motifs is 1. The number of nitrogens with zero attached hydrogens (tertiary/aromatic N) is 5. The van der Waals surface area contributed by atoms with E-state index in [4.69, 9.17) is 9.47 Å². The third-order valence-electron chi connectivity index (χ3n) is 5.99. The maximum Gasteiger partial charge on any atom is 0.227 e. The average Bonchev–Trinajstić information content (AvgIpc) is 3.50. The highest BCUT2D eigenvalue weighted by Crippen LogP contribution is 2.27. The summed E-state index contributed by atoms with van der Waals surface area (Å²) in [7, 11) is 1.60. The molecule has 4 rings (SSSR count). The van der Waals surface area contributed by atoms with Gasteiger partial charge in [0, 0.05) is 38.3 Å². The highest BCUT2D eigenvalue weighted by Gasteiger charge is 2.35. The van der Waals surface area contributed by atoms with Gasteiger partial charge in [-0.05, 0) is 36.9 Å². The Kier molecular flexibility index (Phi) is 9.18. The summed E-state index contributed by atoms with van der Waals surface area (Å²) in [6.07, 6.45) is 1.92. The molecule has 0 spiro atoms. The summed E-state index contributed by atoms with van der Waals surface area (Å²) in [4.78, 5) is 36.3. The third-order valence-corrected chi connectivity index (χ3v) is 6.72. The first kappa shape index (κ1) is 26.7. The molecule has 1 aliphatic rings. The lowest BCUT2D eigenvalue weighted by atomic mass is 10.1. The summed E-state index contributed by atoms with van der Waals surface area (Å²) >= 11 is 1.56. The SMILES string of the molecule is CCOCCNc1nc(SCC)nc2c1cnn2CCNC(=O)C1CC(=O)N(c2ccc(OC)cc2)C1. The van der Waals surface area contributed by atoms with E-state index in [1.165, 1.54) is 0 Å². The van der Waals surface area contributed by atoms with Crippen LogP contribution in [-0.4, -0.2) is 77.3 Å². The van der Waals surface area contributed by atoms with Crippen LogP contribution in [0.3, 0.4) is 0 Å². The number of carbonyl (C=O) groups excluding carboxylic acids is 2. The van der Waals surface area contributed by atoms with Crippen LogP contribution >= 0.6 is 11.8 Å². The largest absolute Gasteiger partial charge is 0.497 e. The molecule has 198 valence electrons. The second kappa shape index (κ2) is 12.7. The van der Waals surface area contributed by atoms with Crippen LogP contribution in [0.1, 0.15) is 20.3 Å². The second-order valence-electron chi connectivity index (χ2n) is 8.41. The van der Waals surface area contributed by atoms with E-state index in [0.717, 1.165) is 28.4 Å². The Bertz CT molecular complexity index is 1220. The van der Waals surface area contributed by atoms with E-state index in [-0.39, 0.29) is 18.2 Å². The minimum absolute atomic E-state index is 0.0644. The standard InChI is InChI=1S/C25H33N7O4S/c1-4-36-13-11-26-22-20-15-28-32(23(20)30-25(29-22)37-5-2)12-10-27-24(34)17-14-21(33)31(16-17)18-6-8-19(35-3)9-7-18/h6-9,15,17H,4-5,10-14,16H2,1-3H3,(H,27,34)(H,26,29,30). The number of aromatic nitrogens is 4. The molecule has 0 saturated carbocycles. The molecule has 12 heteroatoms. The van der Waals surface area contributed by atoms with Crippen molar-refractivity contribution in [2.24, 2.45) is 5.92 Å². The Balaban J connectivity index is 1.36. The summed E-state index contributed by atoms with van der Waals surface area (Å²) in [6, 6.07) is 7.26. The number of methoxy groups -OCH3 is 1. The lowest BCUT2D eigenvalue weighted by Crippen LogP contribution is -2.35. The normalized spacial score (nSPS) is 15.4. The number of ether oxygens (including phenoxy) is 2. The van der Waals surface area contributed by atoms with Crippen molar-refractivity contribution < 1.29 is 19.1 Å². The predicted octanol–water partition coefficient (Wildman–Crippen LogP) is 2.56. The number of anilines is 2. The monoisotopic (exact) mass is 527 g/mol. The van der Waals surface area contributed by atoms with Crippen LogP contribution in [0.2, 0.25) is 0 Å². The molecular formula is C25H33N7O4S. The highest BCUT2D eigenvalue weighted by atomic mass is 32.2. The zero-order valence-corrected chi connectivity index (χ0v) is 22.2. The number of carbonyl (C=O) groups is 2.